The van der Waals surface area contributed by atoms with Gasteiger partial charge >= 0.3 is 0 Å². The van der Waals surface area contributed by atoms with E-state index in [-0.39, 0.29) is 5.75 Å². The minimum absolute atomic E-state index is 0.119. The van der Waals surface area contributed by atoms with Crippen LogP contribution in [0.4, 0.5) is 0 Å². The van der Waals surface area contributed by atoms with Crippen LogP contribution in [0.25, 0.3) is 6.08 Å². The summed E-state index contributed by atoms with van der Waals surface area (Å²) in [7, 11) is 1.92. The first-order valence-corrected chi connectivity index (χ1v) is 5.26. The van der Waals surface area contributed by atoms with Gasteiger partial charge in [0.25, 0.3) is 0 Å². The molecule has 2 N–H and O–H groups in total. The molecule has 0 saturated heterocycles. The van der Waals surface area contributed by atoms with Crippen LogP contribution in [0.3, 0.4) is 0 Å². The summed E-state index contributed by atoms with van der Waals surface area (Å²) in [5.74, 6) is 0.119. The normalized spacial score (nSPS) is 14.0. The fourth-order valence-corrected chi connectivity index (χ4v) is 1.42. The second-order valence-corrected chi connectivity index (χ2v) is 4.02. The van der Waals surface area contributed by atoms with Crippen LogP contribution in [0.5, 0.6) is 5.75 Å². The van der Waals surface area contributed by atoms with Gasteiger partial charge in [-0.15, -0.1) is 0 Å². The molecule has 1 atom stereocenters. The third-order valence-corrected chi connectivity index (χ3v) is 2.78. The molecule has 0 amide bonds. The molecule has 3 heteroatoms. The Kier molecular flexibility index (Phi) is 4.18. The first-order valence-electron chi connectivity index (χ1n) is 4.88. The Bertz CT molecular complexity index is 374. The van der Waals surface area contributed by atoms with Gasteiger partial charge < -0.3 is 10.4 Å². The lowest BCUT2D eigenvalue weighted by molar-refractivity contribution is 0.475. The second kappa shape index (κ2) is 5.19. The van der Waals surface area contributed by atoms with Gasteiger partial charge in [-0.1, -0.05) is 29.3 Å². The largest absolute Gasteiger partial charge is 0.506 e. The van der Waals surface area contributed by atoms with Gasteiger partial charge in [0.2, 0.25) is 0 Å². The highest BCUT2D eigenvalue weighted by molar-refractivity contribution is 6.32. The van der Waals surface area contributed by atoms with Gasteiger partial charge in [-0.05, 0) is 38.6 Å². The standard InChI is InChI=1S/C12H16ClNO/c1-8(9(2)14-3)6-10-4-5-12(15)11(13)7-10/h4-7,9,14-15H,1-3H3/b8-6+. The van der Waals surface area contributed by atoms with E-state index >= 15 is 0 Å². The third kappa shape index (κ3) is 3.26. The quantitative estimate of drug-likeness (QED) is 0.829. The molecule has 0 aliphatic carbocycles. The molecule has 0 aliphatic rings. The van der Waals surface area contributed by atoms with E-state index in [1.807, 2.05) is 19.2 Å². The number of hydrogen-bond donors (Lipinski definition) is 2. The molecule has 0 aliphatic heterocycles. The van der Waals surface area contributed by atoms with Crippen LogP contribution in [0.2, 0.25) is 5.02 Å². The smallest absolute Gasteiger partial charge is 0.134 e. The summed E-state index contributed by atoms with van der Waals surface area (Å²) in [5.41, 5.74) is 2.22. The van der Waals surface area contributed by atoms with Gasteiger partial charge in [0.15, 0.2) is 0 Å². The van der Waals surface area contributed by atoms with Crippen molar-refractivity contribution in [2.45, 2.75) is 19.9 Å². The monoisotopic (exact) mass is 225 g/mol. The average Bonchev–Trinajstić information content (AvgIpc) is 2.22. The molecule has 15 heavy (non-hydrogen) atoms. The topological polar surface area (TPSA) is 32.3 Å². The highest BCUT2D eigenvalue weighted by atomic mass is 35.5. The van der Waals surface area contributed by atoms with Crippen molar-refractivity contribution < 1.29 is 5.11 Å². The summed E-state index contributed by atoms with van der Waals surface area (Å²) in [6, 6.07) is 5.53. The Morgan fingerprint density at radius 3 is 2.73 bits per heavy atom. The van der Waals surface area contributed by atoms with Crippen molar-refractivity contribution in [1.82, 2.24) is 5.32 Å². The zero-order valence-corrected chi connectivity index (χ0v) is 9.97. The molecule has 82 valence electrons. The highest BCUT2D eigenvalue weighted by Crippen LogP contribution is 2.24. The van der Waals surface area contributed by atoms with Crippen LogP contribution in [-0.2, 0) is 0 Å². The van der Waals surface area contributed by atoms with Gasteiger partial charge in [0.1, 0.15) is 5.75 Å². The molecular formula is C12H16ClNO. The van der Waals surface area contributed by atoms with Crippen LogP contribution < -0.4 is 5.32 Å². The van der Waals surface area contributed by atoms with Crippen molar-refractivity contribution in [2.75, 3.05) is 7.05 Å². The Labute approximate surface area is 95.6 Å². The molecular weight excluding hydrogens is 210 g/mol. The molecule has 1 aromatic rings. The van der Waals surface area contributed by atoms with E-state index in [1.54, 1.807) is 12.1 Å². The first kappa shape index (κ1) is 12.1. The van der Waals surface area contributed by atoms with E-state index in [1.165, 1.54) is 5.57 Å². The van der Waals surface area contributed by atoms with Crippen molar-refractivity contribution in [3.05, 3.63) is 34.4 Å². The third-order valence-electron chi connectivity index (χ3n) is 2.48. The van der Waals surface area contributed by atoms with E-state index in [2.05, 4.69) is 19.2 Å². The summed E-state index contributed by atoms with van der Waals surface area (Å²) in [4.78, 5) is 0. The van der Waals surface area contributed by atoms with Crippen LogP contribution in [-0.4, -0.2) is 18.2 Å². The maximum Gasteiger partial charge on any atom is 0.134 e. The molecule has 0 saturated carbocycles. The minimum atomic E-state index is 0.119. The molecule has 0 heterocycles. The zero-order chi connectivity index (χ0) is 11.4. The number of hydrogen-bond acceptors (Lipinski definition) is 2. The van der Waals surface area contributed by atoms with Crippen LogP contribution in [0.15, 0.2) is 23.8 Å². The average molecular weight is 226 g/mol. The predicted octanol–water partition coefficient (Wildman–Crippen LogP) is 3.06. The van der Waals surface area contributed by atoms with Crippen LogP contribution in [0.1, 0.15) is 19.4 Å². The lowest BCUT2D eigenvalue weighted by Gasteiger charge is -2.10. The number of likely N-dealkylation sites (N-methyl/N-ethyl adjacent to an activating group) is 1. The summed E-state index contributed by atoms with van der Waals surface area (Å²) < 4.78 is 0. The van der Waals surface area contributed by atoms with E-state index in [9.17, 15) is 5.11 Å². The number of nitrogens with one attached hydrogen (secondary N) is 1. The molecule has 0 spiro atoms. The van der Waals surface area contributed by atoms with Crippen LogP contribution in [0, 0.1) is 0 Å². The van der Waals surface area contributed by atoms with Gasteiger partial charge in [-0.3, -0.25) is 0 Å². The van der Waals surface area contributed by atoms with E-state index < -0.39 is 0 Å². The maximum atomic E-state index is 9.27. The fraction of sp³-hybridized carbons (Fsp3) is 0.333. The van der Waals surface area contributed by atoms with Crippen molar-refractivity contribution >= 4 is 17.7 Å². The molecule has 2 nitrogen and oxygen atoms in total. The number of rotatable bonds is 3. The second-order valence-electron chi connectivity index (χ2n) is 3.61. The van der Waals surface area contributed by atoms with Gasteiger partial charge in [0.05, 0.1) is 5.02 Å². The maximum absolute atomic E-state index is 9.27. The SMILES string of the molecule is CNC(C)/C(C)=C/c1ccc(O)c(Cl)c1. The lowest BCUT2D eigenvalue weighted by atomic mass is 10.1. The predicted molar refractivity (Wildman–Crippen MR) is 65.3 cm³/mol. The Morgan fingerprint density at radius 2 is 2.20 bits per heavy atom. The highest BCUT2D eigenvalue weighted by Gasteiger charge is 2.02. The lowest BCUT2D eigenvalue weighted by Crippen LogP contribution is -2.21. The van der Waals surface area contributed by atoms with Crippen LogP contribution >= 0.6 is 11.6 Å². The molecule has 0 bridgehead atoms. The summed E-state index contributed by atoms with van der Waals surface area (Å²) in [6.45, 7) is 4.15. The van der Waals surface area contributed by atoms with Gasteiger partial charge in [0, 0.05) is 6.04 Å². The zero-order valence-electron chi connectivity index (χ0n) is 9.21. The van der Waals surface area contributed by atoms with Crippen molar-refractivity contribution in [1.29, 1.82) is 0 Å². The number of phenols is 1. The number of halogens is 1. The summed E-state index contributed by atoms with van der Waals surface area (Å²) in [6.07, 6.45) is 2.05. The van der Waals surface area contributed by atoms with E-state index in [0.717, 1.165) is 5.56 Å². The van der Waals surface area contributed by atoms with E-state index in [4.69, 9.17) is 11.6 Å². The number of benzene rings is 1. The van der Waals surface area contributed by atoms with Crippen molar-refractivity contribution in [3.63, 3.8) is 0 Å². The van der Waals surface area contributed by atoms with E-state index in [0.29, 0.717) is 11.1 Å². The molecule has 0 fully saturated rings. The Balaban J connectivity index is 2.93. The molecule has 0 radical (unpaired) electrons. The first-order chi connectivity index (χ1) is 7.04. The summed E-state index contributed by atoms with van der Waals surface area (Å²) in [5, 5.41) is 12.8. The minimum Gasteiger partial charge on any atom is -0.506 e. The summed E-state index contributed by atoms with van der Waals surface area (Å²) >= 11 is 5.82. The van der Waals surface area contributed by atoms with Crippen molar-refractivity contribution in [2.24, 2.45) is 0 Å². The Hall–Kier alpha value is -0.990. The molecule has 1 unspecified atom stereocenters. The molecule has 1 aromatic carbocycles. The number of phenolic OH excluding ortho intramolecular Hbond substituents is 1. The van der Waals surface area contributed by atoms with Gasteiger partial charge in [-0.25, -0.2) is 0 Å². The fourth-order valence-electron chi connectivity index (χ4n) is 1.23. The molecule has 0 aromatic heterocycles. The molecule has 1 rings (SSSR count). The van der Waals surface area contributed by atoms with Gasteiger partial charge in [-0.2, -0.15) is 0 Å². The number of aromatic hydroxyl groups is 1. The Morgan fingerprint density at radius 1 is 1.53 bits per heavy atom. The van der Waals surface area contributed by atoms with Crippen molar-refractivity contribution in [3.8, 4) is 5.75 Å².